The molecule has 0 unspecified atom stereocenters. The number of benzene rings is 2. The van der Waals surface area contributed by atoms with Crippen LogP contribution >= 0.6 is 0 Å². The Morgan fingerprint density at radius 3 is 2.27 bits per heavy atom. The number of hydrogen-bond donors (Lipinski definition) is 3. The van der Waals surface area contributed by atoms with E-state index in [4.69, 9.17) is 5.11 Å². The number of anilines is 1. The standard InChI is InChI=1S/C18H20N2O5S/c1-12-3-8-16(13(2)11-12)26(24,25)20-15-6-4-14(5-7-15)18(23)19-10-9-17(21)22/h3-8,11,20H,9-10H2,1-2H3,(H,19,23)(H,21,22). The largest absolute Gasteiger partial charge is 0.481 e. The maximum atomic E-state index is 12.5. The van der Waals surface area contributed by atoms with Gasteiger partial charge in [-0.05, 0) is 49.7 Å². The van der Waals surface area contributed by atoms with Gasteiger partial charge in [-0.2, -0.15) is 0 Å². The second-order valence-corrected chi connectivity index (χ2v) is 7.50. The summed E-state index contributed by atoms with van der Waals surface area (Å²) in [5.74, 6) is -1.42. The summed E-state index contributed by atoms with van der Waals surface area (Å²) in [6.07, 6.45) is -0.167. The summed E-state index contributed by atoms with van der Waals surface area (Å²) in [5.41, 5.74) is 2.25. The minimum absolute atomic E-state index is 0.0231. The molecule has 0 saturated heterocycles. The molecule has 138 valence electrons. The zero-order valence-electron chi connectivity index (χ0n) is 14.4. The Kier molecular flexibility index (Phi) is 5.99. The molecule has 1 amide bonds. The van der Waals surface area contributed by atoms with Gasteiger partial charge >= 0.3 is 5.97 Å². The summed E-state index contributed by atoms with van der Waals surface area (Å²) in [7, 11) is -3.73. The van der Waals surface area contributed by atoms with Crippen LogP contribution in [-0.2, 0) is 14.8 Å². The quantitative estimate of drug-likeness (QED) is 0.686. The first-order chi connectivity index (χ1) is 12.2. The van der Waals surface area contributed by atoms with Gasteiger partial charge in [0.15, 0.2) is 0 Å². The highest BCUT2D eigenvalue weighted by Crippen LogP contribution is 2.20. The fourth-order valence-corrected chi connectivity index (χ4v) is 3.67. The number of carbonyl (C=O) groups is 2. The molecule has 0 aliphatic carbocycles. The van der Waals surface area contributed by atoms with Crippen molar-refractivity contribution in [3.05, 3.63) is 59.2 Å². The van der Waals surface area contributed by atoms with E-state index < -0.39 is 21.9 Å². The third-order valence-corrected chi connectivity index (χ3v) is 5.19. The summed E-state index contributed by atoms with van der Waals surface area (Å²) in [5, 5.41) is 11.0. The minimum atomic E-state index is -3.73. The average Bonchev–Trinajstić information content (AvgIpc) is 2.54. The maximum absolute atomic E-state index is 12.5. The van der Waals surface area contributed by atoms with E-state index in [2.05, 4.69) is 10.0 Å². The van der Waals surface area contributed by atoms with E-state index in [0.717, 1.165) is 5.56 Å². The van der Waals surface area contributed by atoms with Crippen molar-refractivity contribution in [1.29, 1.82) is 0 Å². The van der Waals surface area contributed by atoms with Crippen molar-refractivity contribution >= 4 is 27.6 Å². The van der Waals surface area contributed by atoms with Crippen molar-refractivity contribution in [2.45, 2.75) is 25.2 Å². The number of nitrogens with one attached hydrogen (secondary N) is 2. The monoisotopic (exact) mass is 376 g/mol. The van der Waals surface area contributed by atoms with E-state index in [1.54, 1.807) is 25.1 Å². The molecular weight excluding hydrogens is 356 g/mol. The second-order valence-electron chi connectivity index (χ2n) is 5.85. The van der Waals surface area contributed by atoms with E-state index in [1.165, 1.54) is 24.3 Å². The molecule has 26 heavy (non-hydrogen) atoms. The van der Waals surface area contributed by atoms with E-state index >= 15 is 0 Å². The molecule has 0 aliphatic rings. The van der Waals surface area contributed by atoms with Crippen LogP contribution < -0.4 is 10.0 Å². The van der Waals surface area contributed by atoms with Crippen LogP contribution in [0.25, 0.3) is 0 Å². The van der Waals surface area contributed by atoms with Crippen LogP contribution in [0.3, 0.4) is 0 Å². The molecule has 2 aromatic carbocycles. The molecule has 2 rings (SSSR count). The Morgan fingerprint density at radius 2 is 1.69 bits per heavy atom. The molecule has 3 N–H and O–H groups in total. The van der Waals surface area contributed by atoms with Crippen molar-refractivity contribution < 1.29 is 23.1 Å². The molecule has 0 bridgehead atoms. The van der Waals surface area contributed by atoms with Crippen LogP contribution in [0.5, 0.6) is 0 Å². The topological polar surface area (TPSA) is 113 Å². The van der Waals surface area contributed by atoms with Crippen LogP contribution in [0.4, 0.5) is 5.69 Å². The summed E-state index contributed by atoms with van der Waals surface area (Å²) in [4.78, 5) is 22.5. The minimum Gasteiger partial charge on any atom is -0.481 e. The Bertz CT molecular complexity index is 921. The van der Waals surface area contributed by atoms with E-state index in [0.29, 0.717) is 16.8 Å². The fourth-order valence-electron chi connectivity index (χ4n) is 2.39. The highest BCUT2D eigenvalue weighted by atomic mass is 32.2. The molecule has 0 saturated carbocycles. The Balaban J connectivity index is 2.08. The first kappa shape index (κ1) is 19.5. The smallest absolute Gasteiger partial charge is 0.305 e. The van der Waals surface area contributed by atoms with Crippen molar-refractivity contribution in [2.75, 3.05) is 11.3 Å². The lowest BCUT2D eigenvalue weighted by atomic mass is 10.2. The summed E-state index contributed by atoms with van der Waals surface area (Å²) >= 11 is 0. The lowest BCUT2D eigenvalue weighted by Gasteiger charge is -2.11. The summed E-state index contributed by atoms with van der Waals surface area (Å²) in [6.45, 7) is 3.64. The van der Waals surface area contributed by atoms with E-state index in [1.807, 2.05) is 6.92 Å². The zero-order chi connectivity index (χ0) is 19.3. The number of amides is 1. The Morgan fingerprint density at radius 1 is 1.04 bits per heavy atom. The van der Waals surface area contributed by atoms with Gasteiger partial charge in [0, 0.05) is 17.8 Å². The SMILES string of the molecule is Cc1ccc(S(=O)(=O)Nc2ccc(C(=O)NCCC(=O)O)cc2)c(C)c1. The molecule has 0 spiro atoms. The van der Waals surface area contributed by atoms with Crippen LogP contribution in [-0.4, -0.2) is 31.9 Å². The predicted molar refractivity (Wildman–Crippen MR) is 97.8 cm³/mol. The second kappa shape index (κ2) is 8.01. The third kappa shape index (κ3) is 5.06. The number of aliphatic carboxylic acids is 1. The molecule has 0 fully saturated rings. The van der Waals surface area contributed by atoms with Gasteiger partial charge in [0.25, 0.3) is 15.9 Å². The lowest BCUT2D eigenvalue weighted by Crippen LogP contribution is -2.25. The summed E-state index contributed by atoms with van der Waals surface area (Å²) < 4.78 is 27.5. The number of aryl methyl sites for hydroxylation is 2. The van der Waals surface area contributed by atoms with Crippen LogP contribution in [0, 0.1) is 13.8 Å². The molecule has 8 heteroatoms. The molecule has 0 aromatic heterocycles. The first-order valence-electron chi connectivity index (χ1n) is 7.89. The van der Waals surface area contributed by atoms with Crippen molar-refractivity contribution in [3.63, 3.8) is 0 Å². The van der Waals surface area contributed by atoms with Gasteiger partial charge in [0.05, 0.1) is 11.3 Å². The highest BCUT2D eigenvalue weighted by molar-refractivity contribution is 7.92. The van der Waals surface area contributed by atoms with Gasteiger partial charge in [-0.3, -0.25) is 14.3 Å². The lowest BCUT2D eigenvalue weighted by molar-refractivity contribution is -0.136. The molecule has 0 atom stereocenters. The number of carboxylic acid groups (broad SMARTS) is 1. The van der Waals surface area contributed by atoms with Crippen LogP contribution in [0.15, 0.2) is 47.4 Å². The number of rotatable bonds is 7. The van der Waals surface area contributed by atoms with E-state index in [9.17, 15) is 18.0 Å². The normalized spacial score (nSPS) is 11.0. The fraction of sp³-hybridized carbons (Fsp3) is 0.222. The van der Waals surface area contributed by atoms with Gasteiger partial charge < -0.3 is 10.4 Å². The summed E-state index contributed by atoms with van der Waals surface area (Å²) in [6, 6.07) is 11.0. The molecule has 2 aromatic rings. The zero-order valence-corrected chi connectivity index (χ0v) is 15.3. The number of carboxylic acids is 1. The number of carbonyl (C=O) groups excluding carboxylic acids is 1. The highest BCUT2D eigenvalue weighted by Gasteiger charge is 2.17. The molecule has 0 radical (unpaired) electrons. The van der Waals surface area contributed by atoms with Crippen molar-refractivity contribution in [2.24, 2.45) is 0 Å². The molecule has 0 aliphatic heterocycles. The molecular formula is C18H20N2O5S. The maximum Gasteiger partial charge on any atom is 0.305 e. The molecule has 0 heterocycles. The number of hydrogen-bond acceptors (Lipinski definition) is 4. The van der Waals surface area contributed by atoms with Gasteiger partial charge in [-0.15, -0.1) is 0 Å². The Labute approximate surface area is 152 Å². The predicted octanol–water partition coefficient (Wildman–Crippen LogP) is 2.31. The van der Waals surface area contributed by atoms with Gasteiger partial charge in [-0.1, -0.05) is 17.7 Å². The average molecular weight is 376 g/mol. The first-order valence-corrected chi connectivity index (χ1v) is 9.37. The van der Waals surface area contributed by atoms with Gasteiger partial charge in [0.1, 0.15) is 0 Å². The molecule has 7 nitrogen and oxygen atoms in total. The number of sulfonamides is 1. The van der Waals surface area contributed by atoms with Crippen LogP contribution in [0.2, 0.25) is 0 Å². The van der Waals surface area contributed by atoms with E-state index in [-0.39, 0.29) is 17.9 Å². The third-order valence-electron chi connectivity index (χ3n) is 3.64. The van der Waals surface area contributed by atoms with Crippen molar-refractivity contribution in [3.8, 4) is 0 Å². The van der Waals surface area contributed by atoms with Gasteiger partial charge in [-0.25, -0.2) is 8.42 Å². The van der Waals surface area contributed by atoms with Gasteiger partial charge in [0.2, 0.25) is 0 Å². The Hall–Kier alpha value is -2.87. The van der Waals surface area contributed by atoms with Crippen LogP contribution in [0.1, 0.15) is 27.9 Å². The van der Waals surface area contributed by atoms with Crippen molar-refractivity contribution in [1.82, 2.24) is 5.32 Å².